The van der Waals surface area contributed by atoms with Gasteiger partial charge in [-0.05, 0) is 58.4 Å². The predicted molar refractivity (Wildman–Crippen MR) is 184 cm³/mol. The number of allylic oxidation sites excluding steroid dienone is 2. The number of fused-ring (bicyclic) bond motifs is 1. The van der Waals surface area contributed by atoms with Crippen LogP contribution >= 0.6 is 0 Å². The summed E-state index contributed by atoms with van der Waals surface area (Å²) in [6, 6.07) is 7.32. The van der Waals surface area contributed by atoms with Crippen LogP contribution in [0.4, 0.5) is 0 Å². The molecule has 0 saturated carbocycles. The molecule has 1 aromatic heterocycles. The Morgan fingerprint density at radius 1 is 0.868 bits per heavy atom. The Labute approximate surface area is 303 Å². The van der Waals surface area contributed by atoms with Crippen LogP contribution in [0.3, 0.4) is 0 Å². The molecular formula is C37H44O16. The topological polar surface area (TPSA) is 241 Å². The Morgan fingerprint density at radius 3 is 2.15 bits per heavy atom. The van der Waals surface area contributed by atoms with E-state index >= 15 is 0 Å². The number of aromatic hydroxyl groups is 2. The van der Waals surface area contributed by atoms with Crippen LogP contribution in [0.25, 0.3) is 22.3 Å². The lowest BCUT2D eigenvalue weighted by Gasteiger charge is -2.46. The Bertz CT molecular complexity index is 1900. The molecular weight excluding hydrogens is 700 g/mol. The van der Waals surface area contributed by atoms with E-state index in [4.69, 9.17) is 32.8 Å². The van der Waals surface area contributed by atoms with Gasteiger partial charge in [0, 0.05) is 30.5 Å². The average molecular weight is 745 g/mol. The average Bonchev–Trinajstić information content (AvgIpc) is 3.09. The number of hydrogen-bond donors (Lipinski definition) is 6. The summed E-state index contributed by atoms with van der Waals surface area (Å²) in [5, 5.41) is 64.9. The molecule has 0 spiro atoms. The molecule has 6 N–H and O–H groups in total. The van der Waals surface area contributed by atoms with Crippen molar-refractivity contribution >= 4 is 22.7 Å². The van der Waals surface area contributed by atoms with Crippen molar-refractivity contribution in [2.24, 2.45) is 0 Å². The van der Waals surface area contributed by atoms with Crippen LogP contribution in [0.15, 0.2) is 51.2 Å². The molecule has 3 aromatic rings. The third-order valence-corrected chi connectivity index (χ3v) is 8.99. The van der Waals surface area contributed by atoms with Crippen LogP contribution in [0.5, 0.6) is 23.0 Å². The number of phenols is 2. The predicted octanol–water partition coefficient (Wildman–Crippen LogP) is 1.98. The standard InChI is InChI=1S/C37H44O16/c1-15(2)7-12-21-22(40)14-23(41)25-27(43)34(32(51-33(21)25)19-8-10-20(47-6)11-9-19)52-37-30(46)35(31(17(4)48-37)49-18(5)39)53-36-29(45)28(44)26(42)24(50-36)13-16(3)38/h7-11,14,17,24,26,28-31,35-37,40-42,44-46H,12-13H2,1-6H3/t17-,24+,26-,28+,29+,30+,31-,35-,36+,37+/m0/s1. The lowest BCUT2D eigenvalue weighted by atomic mass is 9.95. The van der Waals surface area contributed by atoms with Gasteiger partial charge in [-0.1, -0.05) is 11.6 Å². The van der Waals surface area contributed by atoms with Crippen LogP contribution in [-0.2, 0) is 35.0 Å². The van der Waals surface area contributed by atoms with Crippen molar-refractivity contribution in [2.45, 2.75) is 109 Å². The zero-order chi connectivity index (χ0) is 38.9. The van der Waals surface area contributed by atoms with Crippen LogP contribution in [0, 0.1) is 0 Å². The minimum Gasteiger partial charge on any atom is -0.507 e. The van der Waals surface area contributed by atoms with Gasteiger partial charge in [0.2, 0.25) is 17.5 Å². The van der Waals surface area contributed by atoms with Gasteiger partial charge in [0.15, 0.2) is 18.2 Å². The van der Waals surface area contributed by atoms with Crippen LogP contribution in [0.2, 0.25) is 0 Å². The van der Waals surface area contributed by atoms with E-state index in [2.05, 4.69) is 0 Å². The first-order valence-corrected chi connectivity index (χ1v) is 16.9. The number of carbonyl (C=O) groups is 2. The number of ether oxygens (including phenoxy) is 6. The molecule has 16 nitrogen and oxygen atoms in total. The maximum Gasteiger partial charge on any atom is 0.303 e. The number of esters is 1. The first-order valence-electron chi connectivity index (χ1n) is 16.9. The van der Waals surface area contributed by atoms with Crippen molar-refractivity contribution in [2.75, 3.05) is 7.11 Å². The van der Waals surface area contributed by atoms with Crippen molar-refractivity contribution < 1.29 is 73.1 Å². The number of rotatable bonds is 11. The lowest BCUT2D eigenvalue weighted by molar-refractivity contribution is -0.348. The number of carbonyl (C=O) groups excluding carboxylic acids is 2. The SMILES string of the molecule is COc1ccc(-c2oc3c(CC=C(C)C)c(O)cc(O)c3c(=O)c2O[C@H]2O[C@@H](C)[C@H](OC(C)=O)[C@@H](O[C@H]3O[C@H](CC(C)=O)[C@H](O)[C@@H](O)[C@H]3O)[C@H]2O)cc1. The second-order valence-corrected chi connectivity index (χ2v) is 13.3. The number of benzene rings is 2. The highest BCUT2D eigenvalue weighted by Crippen LogP contribution is 2.41. The minimum absolute atomic E-state index is 0.123. The third kappa shape index (κ3) is 8.33. The Kier molecular flexibility index (Phi) is 12.1. The Hall–Kier alpha value is -4.55. The second-order valence-electron chi connectivity index (χ2n) is 13.3. The molecule has 2 fully saturated rings. The zero-order valence-corrected chi connectivity index (χ0v) is 29.9. The largest absolute Gasteiger partial charge is 0.507 e. The van der Waals surface area contributed by atoms with E-state index in [1.54, 1.807) is 30.3 Å². The van der Waals surface area contributed by atoms with Gasteiger partial charge in [0.25, 0.3) is 0 Å². The Balaban J connectivity index is 1.61. The quantitative estimate of drug-likeness (QED) is 0.121. The molecule has 0 unspecified atom stereocenters. The molecule has 16 heteroatoms. The van der Waals surface area contributed by atoms with Crippen LogP contribution < -0.4 is 14.9 Å². The molecule has 2 aliphatic heterocycles. The third-order valence-electron chi connectivity index (χ3n) is 8.99. The molecule has 10 atom stereocenters. The summed E-state index contributed by atoms with van der Waals surface area (Å²) < 4.78 is 40.6. The minimum atomic E-state index is -1.91. The highest BCUT2D eigenvalue weighted by atomic mass is 16.7. The second kappa shape index (κ2) is 16.2. The molecule has 0 radical (unpaired) electrons. The highest BCUT2D eigenvalue weighted by molar-refractivity contribution is 5.91. The summed E-state index contributed by atoms with van der Waals surface area (Å²) >= 11 is 0. The molecule has 2 aliphatic rings. The van der Waals surface area contributed by atoms with E-state index in [1.807, 2.05) is 13.8 Å². The fraction of sp³-hybridized carbons (Fsp3) is 0.486. The van der Waals surface area contributed by atoms with Crippen molar-refractivity contribution in [1.29, 1.82) is 0 Å². The van der Waals surface area contributed by atoms with Gasteiger partial charge in [-0.15, -0.1) is 0 Å². The van der Waals surface area contributed by atoms with Gasteiger partial charge in [0.1, 0.15) is 64.5 Å². The fourth-order valence-corrected chi connectivity index (χ4v) is 6.26. The molecule has 53 heavy (non-hydrogen) atoms. The summed E-state index contributed by atoms with van der Waals surface area (Å²) in [5.41, 5.74) is 0.394. The summed E-state index contributed by atoms with van der Waals surface area (Å²) in [5.74, 6) is -2.34. The maximum absolute atomic E-state index is 14.3. The maximum atomic E-state index is 14.3. The number of ketones is 1. The highest BCUT2D eigenvalue weighted by Gasteiger charge is 2.52. The summed E-state index contributed by atoms with van der Waals surface area (Å²) in [7, 11) is 1.47. The van der Waals surface area contributed by atoms with Gasteiger partial charge in [-0.2, -0.15) is 0 Å². The number of methoxy groups -OCH3 is 1. The summed E-state index contributed by atoms with van der Waals surface area (Å²) in [6.45, 7) is 7.49. The molecule has 0 amide bonds. The monoisotopic (exact) mass is 744 g/mol. The van der Waals surface area contributed by atoms with Crippen molar-refractivity contribution in [3.8, 4) is 34.3 Å². The van der Waals surface area contributed by atoms with Gasteiger partial charge in [-0.25, -0.2) is 0 Å². The van der Waals surface area contributed by atoms with E-state index in [0.29, 0.717) is 11.3 Å². The van der Waals surface area contributed by atoms with Gasteiger partial charge < -0.3 is 63.5 Å². The molecule has 2 aromatic carbocycles. The molecule has 0 bridgehead atoms. The molecule has 2 saturated heterocycles. The number of hydrogen-bond acceptors (Lipinski definition) is 16. The van der Waals surface area contributed by atoms with Crippen molar-refractivity contribution in [3.63, 3.8) is 0 Å². The first kappa shape index (κ1) is 39.7. The number of Topliss-reactive ketones (excluding diaryl/α,β-unsaturated/α-hetero) is 1. The summed E-state index contributed by atoms with van der Waals surface area (Å²) in [6.07, 6.45) is -14.6. The number of aliphatic hydroxyl groups is 4. The van der Waals surface area contributed by atoms with E-state index in [1.165, 1.54) is 21.0 Å². The van der Waals surface area contributed by atoms with Gasteiger partial charge >= 0.3 is 5.97 Å². The first-order chi connectivity index (χ1) is 25.0. The molecule has 3 heterocycles. The van der Waals surface area contributed by atoms with Gasteiger partial charge in [-0.3, -0.25) is 14.4 Å². The molecule has 288 valence electrons. The molecule has 5 rings (SSSR count). The Morgan fingerprint density at radius 2 is 1.55 bits per heavy atom. The lowest BCUT2D eigenvalue weighted by Crippen LogP contribution is -2.64. The van der Waals surface area contributed by atoms with Crippen molar-refractivity contribution in [1.82, 2.24) is 0 Å². The van der Waals surface area contributed by atoms with E-state index in [-0.39, 0.29) is 40.9 Å². The van der Waals surface area contributed by atoms with E-state index in [0.717, 1.165) is 18.6 Å². The number of aliphatic hydroxyl groups excluding tert-OH is 4. The van der Waals surface area contributed by atoms with Crippen molar-refractivity contribution in [3.05, 3.63) is 57.8 Å². The van der Waals surface area contributed by atoms with Gasteiger partial charge in [0.05, 0.1) is 19.3 Å². The van der Waals surface area contributed by atoms with Crippen LogP contribution in [-0.4, -0.2) is 111 Å². The zero-order valence-electron chi connectivity index (χ0n) is 29.9. The van der Waals surface area contributed by atoms with E-state index < -0.39 is 90.1 Å². The van der Waals surface area contributed by atoms with Crippen LogP contribution in [0.1, 0.15) is 46.6 Å². The summed E-state index contributed by atoms with van der Waals surface area (Å²) in [4.78, 5) is 38.3. The smallest absolute Gasteiger partial charge is 0.303 e. The normalized spacial score (nSPS) is 28.6. The van der Waals surface area contributed by atoms with E-state index in [9.17, 15) is 45.0 Å². The fourth-order valence-electron chi connectivity index (χ4n) is 6.26. The molecule has 0 aliphatic carbocycles. The number of phenolic OH excluding ortho intramolecular Hbond substituents is 2.